The van der Waals surface area contributed by atoms with E-state index >= 15 is 0 Å². The predicted octanol–water partition coefficient (Wildman–Crippen LogP) is 3.85. The lowest BCUT2D eigenvalue weighted by atomic mass is 10.1. The van der Waals surface area contributed by atoms with Crippen molar-refractivity contribution >= 4 is 39.2 Å². The molecule has 1 rings (SSSR count). The van der Waals surface area contributed by atoms with Gasteiger partial charge in [0.15, 0.2) is 5.78 Å². The highest BCUT2D eigenvalue weighted by Gasteiger charge is 2.29. The van der Waals surface area contributed by atoms with Crippen LogP contribution < -0.4 is 5.73 Å². The molecule has 0 aliphatic heterocycles. The van der Waals surface area contributed by atoms with Crippen LogP contribution in [-0.4, -0.2) is 16.1 Å². The number of halogens is 4. The first-order valence-corrected chi connectivity index (χ1v) is 6.27. The molecule has 17 heavy (non-hydrogen) atoms. The molecule has 2 N–H and O–H groups in total. The lowest BCUT2D eigenvalue weighted by Gasteiger charge is -2.09. The Morgan fingerprint density at radius 1 is 1.41 bits per heavy atom. The van der Waals surface area contributed by atoms with E-state index in [2.05, 4.69) is 15.9 Å². The van der Waals surface area contributed by atoms with Gasteiger partial charge in [-0.15, -0.1) is 0 Å². The van der Waals surface area contributed by atoms with Crippen LogP contribution in [0.15, 0.2) is 23.1 Å². The van der Waals surface area contributed by atoms with Crippen molar-refractivity contribution in [2.75, 3.05) is 5.73 Å². The SMILES string of the molecule is CC(Br)C(=O)c1cc(N)cc(SC(F)(F)F)c1. The fraction of sp³-hybridized carbons (Fsp3) is 0.300. The maximum atomic E-state index is 12.2. The highest BCUT2D eigenvalue weighted by atomic mass is 79.9. The maximum Gasteiger partial charge on any atom is 0.446 e. The quantitative estimate of drug-likeness (QED) is 0.397. The van der Waals surface area contributed by atoms with Crippen molar-refractivity contribution in [1.82, 2.24) is 0 Å². The molecule has 0 radical (unpaired) electrons. The molecule has 0 spiro atoms. The van der Waals surface area contributed by atoms with E-state index in [1.165, 1.54) is 18.2 Å². The highest BCUT2D eigenvalue weighted by molar-refractivity contribution is 9.10. The second-order valence-electron chi connectivity index (χ2n) is 3.32. The van der Waals surface area contributed by atoms with Crippen molar-refractivity contribution < 1.29 is 18.0 Å². The molecule has 1 aromatic rings. The van der Waals surface area contributed by atoms with Gasteiger partial charge in [-0.2, -0.15) is 13.2 Å². The highest BCUT2D eigenvalue weighted by Crippen LogP contribution is 2.38. The Morgan fingerprint density at radius 2 is 2.00 bits per heavy atom. The molecule has 0 aromatic heterocycles. The number of ketones is 1. The summed E-state index contributed by atoms with van der Waals surface area (Å²) in [5, 5.41) is 0. The molecule has 7 heteroatoms. The van der Waals surface area contributed by atoms with Crippen LogP contribution in [0.1, 0.15) is 17.3 Å². The minimum Gasteiger partial charge on any atom is -0.399 e. The van der Waals surface area contributed by atoms with E-state index in [0.29, 0.717) is 0 Å². The standard InChI is InChI=1S/C10H9BrF3NOS/c1-5(11)9(16)6-2-7(15)4-8(3-6)17-10(12,13)14/h2-5H,15H2,1H3. The van der Waals surface area contributed by atoms with Gasteiger partial charge in [-0.05, 0) is 36.9 Å². The lowest BCUT2D eigenvalue weighted by molar-refractivity contribution is -0.0328. The number of hydrogen-bond acceptors (Lipinski definition) is 3. The van der Waals surface area contributed by atoms with Crippen molar-refractivity contribution in [3.05, 3.63) is 23.8 Å². The van der Waals surface area contributed by atoms with E-state index in [0.717, 1.165) is 0 Å². The van der Waals surface area contributed by atoms with Gasteiger partial charge in [-0.25, -0.2) is 0 Å². The summed E-state index contributed by atoms with van der Waals surface area (Å²) < 4.78 is 36.6. The average Bonchev–Trinajstić information content (AvgIpc) is 2.12. The van der Waals surface area contributed by atoms with Crippen LogP contribution in [0.5, 0.6) is 0 Å². The average molecular weight is 328 g/mol. The minimum atomic E-state index is -4.39. The molecule has 1 unspecified atom stereocenters. The number of benzene rings is 1. The fourth-order valence-corrected chi connectivity index (χ4v) is 2.10. The molecule has 0 heterocycles. The number of nitrogen functional groups attached to an aromatic ring is 1. The molecule has 0 bridgehead atoms. The molecule has 1 atom stereocenters. The predicted molar refractivity (Wildman–Crippen MR) is 65.5 cm³/mol. The van der Waals surface area contributed by atoms with Gasteiger partial charge in [0.1, 0.15) is 0 Å². The van der Waals surface area contributed by atoms with Gasteiger partial charge >= 0.3 is 5.51 Å². The summed E-state index contributed by atoms with van der Waals surface area (Å²) in [6.45, 7) is 1.60. The lowest BCUT2D eigenvalue weighted by Crippen LogP contribution is -2.11. The number of carbonyl (C=O) groups excluding carboxylic acids is 1. The minimum absolute atomic E-state index is 0.0889. The van der Waals surface area contributed by atoms with Gasteiger partial charge < -0.3 is 5.73 Å². The Morgan fingerprint density at radius 3 is 2.47 bits per heavy atom. The first-order valence-electron chi connectivity index (χ1n) is 4.53. The molecule has 94 valence electrons. The smallest absolute Gasteiger partial charge is 0.399 e. The Labute approximate surface area is 109 Å². The summed E-state index contributed by atoms with van der Waals surface area (Å²) >= 11 is 2.78. The number of nitrogens with two attached hydrogens (primary N) is 1. The Balaban J connectivity index is 3.07. The first-order chi connectivity index (χ1) is 7.69. The topological polar surface area (TPSA) is 43.1 Å². The molecule has 0 aliphatic rings. The summed E-state index contributed by atoms with van der Waals surface area (Å²) in [6, 6.07) is 3.74. The molecule has 0 saturated heterocycles. The van der Waals surface area contributed by atoms with Gasteiger partial charge in [-0.1, -0.05) is 15.9 Å². The maximum absolute atomic E-state index is 12.2. The number of hydrogen-bond donors (Lipinski definition) is 1. The zero-order valence-corrected chi connectivity index (χ0v) is 11.1. The summed E-state index contributed by atoms with van der Waals surface area (Å²) in [5.41, 5.74) is 1.38. The van der Waals surface area contributed by atoms with Crippen molar-refractivity contribution in [1.29, 1.82) is 0 Å². The zero-order valence-electron chi connectivity index (χ0n) is 8.72. The van der Waals surface area contributed by atoms with Crippen molar-refractivity contribution in [3.8, 4) is 0 Å². The summed E-state index contributed by atoms with van der Waals surface area (Å²) in [6.07, 6.45) is 0. The molecule has 0 fully saturated rings. The molecule has 0 saturated carbocycles. The van der Waals surface area contributed by atoms with Crippen LogP contribution in [-0.2, 0) is 0 Å². The third kappa shape index (κ3) is 4.59. The van der Waals surface area contributed by atoms with E-state index in [1.54, 1.807) is 6.92 Å². The van der Waals surface area contributed by atoms with Crippen LogP contribution in [0.4, 0.5) is 18.9 Å². The van der Waals surface area contributed by atoms with E-state index in [9.17, 15) is 18.0 Å². The van der Waals surface area contributed by atoms with Gasteiger partial charge in [0.05, 0.1) is 4.83 Å². The van der Waals surface area contributed by atoms with Gasteiger partial charge in [-0.3, -0.25) is 4.79 Å². The number of anilines is 1. The molecular formula is C10H9BrF3NOS. The number of alkyl halides is 4. The Bertz CT molecular complexity index is 434. The zero-order chi connectivity index (χ0) is 13.2. The second kappa shape index (κ2) is 5.30. The van der Waals surface area contributed by atoms with Crippen LogP contribution in [0.3, 0.4) is 0 Å². The second-order valence-corrected chi connectivity index (χ2v) is 5.83. The fourth-order valence-electron chi connectivity index (χ4n) is 1.19. The number of rotatable bonds is 3. The molecule has 2 nitrogen and oxygen atoms in total. The number of carbonyl (C=O) groups is 1. The van der Waals surface area contributed by atoms with Gasteiger partial charge in [0, 0.05) is 16.1 Å². The van der Waals surface area contributed by atoms with Crippen LogP contribution >= 0.6 is 27.7 Å². The van der Waals surface area contributed by atoms with E-state index in [-0.39, 0.29) is 33.7 Å². The van der Waals surface area contributed by atoms with E-state index < -0.39 is 10.3 Å². The third-order valence-corrected chi connectivity index (χ3v) is 2.93. The summed E-state index contributed by atoms with van der Waals surface area (Å²) in [4.78, 5) is 11.1. The number of thioether (sulfide) groups is 1. The van der Waals surface area contributed by atoms with Gasteiger partial charge in [0.25, 0.3) is 0 Å². The number of Topliss-reactive ketones (excluding diaryl/α,β-unsaturated/α-hetero) is 1. The largest absolute Gasteiger partial charge is 0.446 e. The van der Waals surface area contributed by atoms with Crippen LogP contribution in [0.25, 0.3) is 0 Å². The monoisotopic (exact) mass is 327 g/mol. The van der Waals surface area contributed by atoms with Crippen LogP contribution in [0.2, 0.25) is 0 Å². The van der Waals surface area contributed by atoms with Crippen molar-refractivity contribution in [3.63, 3.8) is 0 Å². The van der Waals surface area contributed by atoms with E-state index in [1.807, 2.05) is 0 Å². The first kappa shape index (κ1) is 14.4. The molecule has 0 amide bonds. The van der Waals surface area contributed by atoms with Crippen LogP contribution in [0, 0.1) is 0 Å². The summed E-state index contributed by atoms with van der Waals surface area (Å²) in [5.74, 6) is -0.304. The summed E-state index contributed by atoms with van der Waals surface area (Å²) in [7, 11) is 0. The third-order valence-electron chi connectivity index (χ3n) is 1.81. The van der Waals surface area contributed by atoms with Crippen molar-refractivity contribution in [2.24, 2.45) is 0 Å². The molecular weight excluding hydrogens is 319 g/mol. The Hall–Kier alpha value is -0.690. The molecule has 0 aliphatic carbocycles. The molecule has 1 aromatic carbocycles. The Kier molecular flexibility index (Phi) is 4.48. The van der Waals surface area contributed by atoms with Crippen molar-refractivity contribution in [2.45, 2.75) is 22.2 Å². The van der Waals surface area contributed by atoms with E-state index in [4.69, 9.17) is 5.73 Å². The van der Waals surface area contributed by atoms with Gasteiger partial charge in [0.2, 0.25) is 0 Å². The normalized spacial score (nSPS) is 13.5.